The molecular weight excluding hydrogens is 322 g/mol. The van der Waals surface area contributed by atoms with E-state index in [1.54, 1.807) is 0 Å². The molecule has 3 nitrogen and oxygen atoms in total. The average Bonchev–Trinajstić information content (AvgIpc) is 2.56. The summed E-state index contributed by atoms with van der Waals surface area (Å²) in [5, 5.41) is 10.1. The summed E-state index contributed by atoms with van der Waals surface area (Å²) in [4.78, 5) is 0. The molecular formula is C23H49NO2. The Labute approximate surface area is 164 Å². The van der Waals surface area contributed by atoms with Gasteiger partial charge in [-0.1, -0.05) is 47.5 Å². The van der Waals surface area contributed by atoms with E-state index in [1.165, 1.54) is 12.8 Å². The lowest BCUT2D eigenvalue weighted by molar-refractivity contribution is -0.0591. The lowest BCUT2D eigenvalue weighted by atomic mass is 9.73. The molecule has 0 saturated heterocycles. The van der Waals surface area contributed by atoms with E-state index in [-0.39, 0.29) is 11.0 Å². The van der Waals surface area contributed by atoms with Crippen molar-refractivity contribution in [2.45, 2.75) is 124 Å². The topological polar surface area (TPSA) is 55.5 Å². The first-order chi connectivity index (χ1) is 11.8. The van der Waals surface area contributed by atoms with Crippen LogP contribution in [0.15, 0.2) is 0 Å². The van der Waals surface area contributed by atoms with Crippen molar-refractivity contribution in [2.24, 2.45) is 16.6 Å². The molecule has 26 heavy (non-hydrogen) atoms. The average molecular weight is 372 g/mol. The van der Waals surface area contributed by atoms with Crippen LogP contribution in [0.5, 0.6) is 0 Å². The Bertz CT molecular complexity index is 375. The number of hydrogen-bond acceptors (Lipinski definition) is 3. The summed E-state index contributed by atoms with van der Waals surface area (Å²) >= 11 is 0. The lowest BCUT2D eigenvalue weighted by Crippen LogP contribution is -2.34. The van der Waals surface area contributed by atoms with Gasteiger partial charge in [-0.25, -0.2) is 0 Å². The number of ether oxygens (including phenoxy) is 1. The first-order valence-electron chi connectivity index (χ1n) is 10.9. The highest BCUT2D eigenvalue weighted by Crippen LogP contribution is 2.40. The van der Waals surface area contributed by atoms with Crippen molar-refractivity contribution in [1.82, 2.24) is 0 Å². The fraction of sp³-hybridized carbons (Fsp3) is 1.00. The second kappa shape index (κ2) is 11.0. The Hall–Kier alpha value is -0.120. The largest absolute Gasteiger partial charge is 0.390 e. The Kier molecular flexibility index (Phi) is 11.0. The molecule has 0 bridgehead atoms. The quantitative estimate of drug-likeness (QED) is 0.343. The van der Waals surface area contributed by atoms with Crippen molar-refractivity contribution in [1.29, 1.82) is 0 Å². The zero-order valence-electron chi connectivity index (χ0n) is 19.2. The molecule has 3 N–H and O–H groups in total. The first-order valence-corrected chi connectivity index (χ1v) is 10.9. The molecule has 2 atom stereocenters. The smallest absolute Gasteiger partial charge is 0.0655 e. The summed E-state index contributed by atoms with van der Waals surface area (Å²) in [6.07, 6.45) is 9.69. The maximum atomic E-state index is 10.1. The van der Waals surface area contributed by atoms with Crippen LogP contribution in [-0.2, 0) is 4.74 Å². The molecule has 0 saturated carbocycles. The maximum Gasteiger partial charge on any atom is 0.0655 e. The predicted molar refractivity (Wildman–Crippen MR) is 114 cm³/mol. The van der Waals surface area contributed by atoms with Crippen LogP contribution in [0.1, 0.15) is 113 Å². The van der Waals surface area contributed by atoms with Gasteiger partial charge >= 0.3 is 0 Å². The van der Waals surface area contributed by atoms with Gasteiger partial charge in [0.1, 0.15) is 0 Å². The van der Waals surface area contributed by atoms with Gasteiger partial charge in [-0.15, -0.1) is 0 Å². The minimum absolute atomic E-state index is 0.0766. The van der Waals surface area contributed by atoms with Crippen LogP contribution in [-0.4, -0.2) is 29.5 Å². The number of aliphatic hydroxyl groups is 1. The van der Waals surface area contributed by atoms with Crippen molar-refractivity contribution in [2.75, 3.05) is 13.2 Å². The fourth-order valence-corrected chi connectivity index (χ4v) is 3.10. The number of nitrogens with two attached hydrogens (primary N) is 1. The fourth-order valence-electron chi connectivity index (χ4n) is 3.10. The molecule has 0 heterocycles. The molecule has 3 heteroatoms. The van der Waals surface area contributed by atoms with Crippen LogP contribution in [0.2, 0.25) is 0 Å². The summed E-state index contributed by atoms with van der Waals surface area (Å²) < 4.78 is 6.37. The van der Waals surface area contributed by atoms with Crippen molar-refractivity contribution >= 4 is 0 Å². The van der Waals surface area contributed by atoms with E-state index < -0.39 is 5.60 Å². The molecule has 0 aromatic rings. The van der Waals surface area contributed by atoms with Gasteiger partial charge in [-0.2, -0.15) is 0 Å². The molecule has 2 unspecified atom stereocenters. The summed E-state index contributed by atoms with van der Waals surface area (Å²) in [5.41, 5.74) is 5.64. The van der Waals surface area contributed by atoms with E-state index in [1.807, 2.05) is 13.8 Å². The SMILES string of the molecule is CCC(C)(C)CCC(C)(CCC(C)(CC)CCC(C)(C)O)OCCCN. The summed E-state index contributed by atoms with van der Waals surface area (Å²) in [6.45, 7) is 19.2. The second-order valence-corrected chi connectivity index (χ2v) is 10.4. The van der Waals surface area contributed by atoms with Crippen LogP contribution in [0.25, 0.3) is 0 Å². The summed E-state index contributed by atoms with van der Waals surface area (Å²) in [6, 6.07) is 0. The molecule has 0 spiro atoms. The molecule has 0 aliphatic heterocycles. The molecule has 0 fully saturated rings. The highest BCUT2D eigenvalue weighted by atomic mass is 16.5. The zero-order valence-corrected chi connectivity index (χ0v) is 19.2. The van der Waals surface area contributed by atoms with E-state index in [9.17, 15) is 5.11 Å². The standard InChI is InChI=1S/C23H49NO2/c1-9-20(3,4)12-16-23(8,26-19-11-18-24)17-15-22(7,10-2)14-13-21(5,6)25/h25H,9-19,24H2,1-8H3. The normalized spacial score (nSPS) is 17.8. The lowest BCUT2D eigenvalue weighted by Gasteiger charge is -2.38. The van der Waals surface area contributed by atoms with E-state index in [2.05, 4.69) is 41.5 Å². The Morgan fingerprint density at radius 3 is 1.77 bits per heavy atom. The Morgan fingerprint density at radius 1 is 0.769 bits per heavy atom. The molecule has 0 amide bonds. The van der Waals surface area contributed by atoms with Gasteiger partial charge in [0.2, 0.25) is 0 Å². The van der Waals surface area contributed by atoms with Crippen LogP contribution >= 0.6 is 0 Å². The Morgan fingerprint density at radius 2 is 1.31 bits per heavy atom. The predicted octanol–water partition coefficient (Wildman–Crippen LogP) is 6.07. The van der Waals surface area contributed by atoms with Crippen LogP contribution in [0.3, 0.4) is 0 Å². The van der Waals surface area contributed by atoms with E-state index in [4.69, 9.17) is 10.5 Å². The van der Waals surface area contributed by atoms with Crippen molar-refractivity contribution < 1.29 is 9.84 Å². The molecule has 158 valence electrons. The van der Waals surface area contributed by atoms with Gasteiger partial charge in [0.15, 0.2) is 0 Å². The molecule has 0 radical (unpaired) electrons. The number of rotatable bonds is 15. The monoisotopic (exact) mass is 371 g/mol. The zero-order chi connectivity index (χ0) is 20.5. The van der Waals surface area contributed by atoms with Crippen LogP contribution in [0.4, 0.5) is 0 Å². The highest BCUT2D eigenvalue weighted by molar-refractivity contribution is 4.85. The van der Waals surface area contributed by atoms with Crippen molar-refractivity contribution in [3.63, 3.8) is 0 Å². The van der Waals surface area contributed by atoms with Gasteiger partial charge in [-0.3, -0.25) is 0 Å². The van der Waals surface area contributed by atoms with Gasteiger partial charge in [-0.05, 0) is 83.1 Å². The van der Waals surface area contributed by atoms with Crippen molar-refractivity contribution in [3.05, 3.63) is 0 Å². The highest BCUT2D eigenvalue weighted by Gasteiger charge is 2.32. The molecule has 0 aliphatic rings. The molecule has 0 aromatic heterocycles. The van der Waals surface area contributed by atoms with E-state index >= 15 is 0 Å². The van der Waals surface area contributed by atoms with E-state index in [0.29, 0.717) is 12.0 Å². The first kappa shape index (κ1) is 25.9. The third kappa shape index (κ3) is 11.6. The van der Waals surface area contributed by atoms with Gasteiger partial charge in [0, 0.05) is 6.61 Å². The summed E-state index contributed by atoms with van der Waals surface area (Å²) in [5.74, 6) is 0. The van der Waals surface area contributed by atoms with Crippen LogP contribution in [0, 0.1) is 10.8 Å². The van der Waals surface area contributed by atoms with Gasteiger partial charge in [0.25, 0.3) is 0 Å². The van der Waals surface area contributed by atoms with Crippen molar-refractivity contribution in [3.8, 4) is 0 Å². The Balaban J connectivity index is 4.91. The minimum atomic E-state index is -0.581. The third-order valence-electron chi connectivity index (χ3n) is 6.54. The van der Waals surface area contributed by atoms with E-state index in [0.717, 1.165) is 51.6 Å². The number of hydrogen-bond donors (Lipinski definition) is 2. The van der Waals surface area contributed by atoms with Gasteiger partial charge < -0.3 is 15.6 Å². The third-order valence-corrected chi connectivity index (χ3v) is 6.54. The maximum absolute atomic E-state index is 10.1. The molecule has 0 rings (SSSR count). The molecule has 0 aromatic carbocycles. The van der Waals surface area contributed by atoms with Crippen LogP contribution < -0.4 is 5.73 Å². The minimum Gasteiger partial charge on any atom is -0.390 e. The second-order valence-electron chi connectivity index (χ2n) is 10.4. The summed E-state index contributed by atoms with van der Waals surface area (Å²) in [7, 11) is 0. The molecule has 0 aliphatic carbocycles. The van der Waals surface area contributed by atoms with Gasteiger partial charge in [0.05, 0.1) is 11.2 Å².